The third-order valence-corrected chi connectivity index (χ3v) is 7.48. The Kier molecular flexibility index (Phi) is 3.38. The summed E-state index contributed by atoms with van der Waals surface area (Å²) in [5.41, 5.74) is -1.24. The summed E-state index contributed by atoms with van der Waals surface area (Å²) in [4.78, 5) is 23.1. The van der Waals surface area contributed by atoms with Crippen LogP contribution in [0.4, 0.5) is 0 Å². The van der Waals surface area contributed by atoms with E-state index >= 15 is 0 Å². The minimum atomic E-state index is -1.01. The molecule has 4 aliphatic carbocycles. The maximum Gasteiger partial charge on any atom is 0.322 e. The molecule has 6 heteroatoms. The maximum absolute atomic E-state index is 11.6. The molecule has 2 atom stereocenters. The van der Waals surface area contributed by atoms with Gasteiger partial charge in [-0.2, -0.15) is 0 Å². The normalized spacial score (nSPS) is 48.9. The molecule has 2 N–H and O–H groups in total. The molecule has 0 aromatic heterocycles. The summed E-state index contributed by atoms with van der Waals surface area (Å²) in [6, 6.07) is 0. The van der Waals surface area contributed by atoms with Crippen LogP contribution in [0.5, 0.6) is 0 Å². The molecule has 4 bridgehead atoms. The molecule has 0 amide bonds. The Balaban J connectivity index is 2.10. The number of rotatable bonds is 4. The number of carboxylic acids is 2. The van der Waals surface area contributed by atoms with Gasteiger partial charge in [-0.1, -0.05) is 13.8 Å². The first kappa shape index (κ1) is 16.4. The van der Waals surface area contributed by atoms with Crippen LogP contribution in [0.15, 0.2) is 0 Å². The Bertz CT molecular complexity index is 486. The average Bonchev–Trinajstić information content (AvgIpc) is 2.32. The van der Waals surface area contributed by atoms with Crippen molar-refractivity contribution in [2.24, 2.45) is 21.7 Å². The van der Waals surface area contributed by atoms with E-state index in [0.29, 0.717) is 6.42 Å². The smallest absolute Gasteiger partial charge is 0.322 e. The molecular formula is C16H22Cl2O4. The van der Waals surface area contributed by atoms with Gasteiger partial charge in [0, 0.05) is 0 Å². The first-order valence-electron chi connectivity index (χ1n) is 7.69. The van der Waals surface area contributed by atoms with Crippen LogP contribution < -0.4 is 0 Å². The molecule has 4 fully saturated rings. The lowest BCUT2D eigenvalue weighted by Crippen LogP contribution is -2.65. The number of aliphatic carboxylic acids is 2. The highest BCUT2D eigenvalue weighted by Crippen LogP contribution is 2.76. The largest absolute Gasteiger partial charge is 0.480 e. The van der Waals surface area contributed by atoms with Gasteiger partial charge in [0.1, 0.15) is 10.8 Å². The third-order valence-electron chi connectivity index (χ3n) is 6.18. The zero-order valence-corrected chi connectivity index (χ0v) is 14.4. The first-order valence-corrected chi connectivity index (χ1v) is 8.56. The second-order valence-corrected chi connectivity index (χ2v) is 9.68. The second-order valence-electron chi connectivity index (χ2n) is 8.81. The van der Waals surface area contributed by atoms with Crippen LogP contribution in [0.2, 0.25) is 0 Å². The summed E-state index contributed by atoms with van der Waals surface area (Å²) in [5, 5.41) is 17.0. The molecule has 4 aliphatic rings. The highest BCUT2D eigenvalue weighted by molar-refractivity contribution is 6.31. The standard InChI is InChI=1S/C16H22Cl2O4/c1-13-3-14(2)6-15(4-13,9(17)11(19)20)8-16(5-13,7-14)10(18)12(21)22/h9-10H,3-8H2,1-2H3,(H,19,20)(H,21,22)/t9-,10-,13?,14?,15?,16?/m1/s1. The lowest BCUT2D eigenvalue weighted by Gasteiger charge is -2.70. The lowest BCUT2D eigenvalue weighted by atomic mass is 9.35. The van der Waals surface area contributed by atoms with Crippen LogP contribution in [-0.4, -0.2) is 32.9 Å². The zero-order valence-electron chi connectivity index (χ0n) is 12.9. The summed E-state index contributed by atoms with van der Waals surface area (Å²) in [6.45, 7) is 4.28. The van der Waals surface area contributed by atoms with Gasteiger partial charge in [-0.05, 0) is 60.2 Å². The first-order chi connectivity index (χ1) is 9.95. The van der Waals surface area contributed by atoms with Gasteiger partial charge in [0.05, 0.1) is 0 Å². The molecule has 0 aliphatic heterocycles. The molecule has 0 aromatic rings. The van der Waals surface area contributed by atoms with E-state index < -0.39 is 33.5 Å². The third kappa shape index (κ3) is 2.17. The predicted octanol–water partition coefficient (Wildman–Crippen LogP) is 3.74. The molecule has 0 aromatic carbocycles. The van der Waals surface area contributed by atoms with Crippen molar-refractivity contribution in [1.29, 1.82) is 0 Å². The molecular weight excluding hydrogens is 327 g/mol. The highest BCUT2D eigenvalue weighted by atomic mass is 35.5. The van der Waals surface area contributed by atoms with Gasteiger partial charge >= 0.3 is 11.9 Å². The molecule has 124 valence electrons. The van der Waals surface area contributed by atoms with E-state index in [4.69, 9.17) is 23.2 Å². The molecule has 0 radical (unpaired) electrons. The molecule has 0 heterocycles. The minimum Gasteiger partial charge on any atom is -0.480 e. The summed E-state index contributed by atoms with van der Waals surface area (Å²) in [5.74, 6) is -2.01. The molecule has 0 saturated heterocycles. The van der Waals surface area contributed by atoms with Crippen LogP contribution >= 0.6 is 23.2 Å². The Hall–Kier alpha value is -0.480. The Morgan fingerprint density at radius 1 is 0.773 bits per heavy atom. The number of hydrogen-bond donors (Lipinski definition) is 2. The molecule has 4 saturated carbocycles. The van der Waals surface area contributed by atoms with E-state index in [-0.39, 0.29) is 10.8 Å². The second kappa shape index (κ2) is 4.54. The van der Waals surface area contributed by atoms with Gasteiger partial charge in [0.25, 0.3) is 0 Å². The van der Waals surface area contributed by atoms with Crippen molar-refractivity contribution in [3.05, 3.63) is 0 Å². The van der Waals surface area contributed by atoms with Gasteiger partial charge in [-0.25, -0.2) is 0 Å². The van der Waals surface area contributed by atoms with Crippen LogP contribution in [0.3, 0.4) is 0 Å². The number of hydrogen-bond acceptors (Lipinski definition) is 2. The fourth-order valence-electron chi connectivity index (χ4n) is 6.94. The van der Waals surface area contributed by atoms with Gasteiger partial charge in [-0.3, -0.25) is 9.59 Å². The van der Waals surface area contributed by atoms with Crippen LogP contribution in [0.1, 0.15) is 52.4 Å². The van der Waals surface area contributed by atoms with Crippen molar-refractivity contribution in [2.45, 2.75) is 63.1 Å². The predicted molar refractivity (Wildman–Crippen MR) is 83.3 cm³/mol. The van der Waals surface area contributed by atoms with Crippen LogP contribution in [0, 0.1) is 21.7 Å². The summed E-state index contributed by atoms with van der Waals surface area (Å²) in [7, 11) is 0. The average molecular weight is 349 g/mol. The van der Waals surface area contributed by atoms with Crippen LogP contribution in [0.25, 0.3) is 0 Å². The van der Waals surface area contributed by atoms with Crippen molar-refractivity contribution < 1.29 is 19.8 Å². The molecule has 4 nitrogen and oxygen atoms in total. The topological polar surface area (TPSA) is 74.6 Å². The van der Waals surface area contributed by atoms with Crippen LogP contribution in [-0.2, 0) is 9.59 Å². The fraction of sp³-hybridized carbons (Fsp3) is 0.875. The fourth-order valence-corrected chi connectivity index (χ4v) is 7.41. The zero-order chi connectivity index (χ0) is 16.6. The van der Waals surface area contributed by atoms with Gasteiger partial charge in [0.15, 0.2) is 0 Å². The number of carboxylic acid groups (broad SMARTS) is 2. The van der Waals surface area contributed by atoms with E-state index in [1.807, 2.05) is 0 Å². The summed E-state index contributed by atoms with van der Waals surface area (Å²) >= 11 is 12.6. The molecule has 0 unspecified atom stereocenters. The van der Waals surface area contributed by atoms with Crippen molar-refractivity contribution in [2.75, 3.05) is 0 Å². The van der Waals surface area contributed by atoms with Gasteiger partial charge < -0.3 is 10.2 Å². The molecule has 4 rings (SSSR count). The number of alkyl halides is 2. The summed E-state index contributed by atoms with van der Waals surface area (Å²) in [6.07, 6.45) is 4.51. The monoisotopic (exact) mass is 348 g/mol. The summed E-state index contributed by atoms with van der Waals surface area (Å²) < 4.78 is 0. The highest BCUT2D eigenvalue weighted by Gasteiger charge is 2.70. The van der Waals surface area contributed by atoms with Crippen molar-refractivity contribution in [3.63, 3.8) is 0 Å². The van der Waals surface area contributed by atoms with Crippen molar-refractivity contribution in [3.8, 4) is 0 Å². The number of halogens is 2. The molecule has 0 spiro atoms. The van der Waals surface area contributed by atoms with E-state index in [1.165, 1.54) is 0 Å². The number of carbonyl (C=O) groups is 2. The maximum atomic E-state index is 11.6. The lowest BCUT2D eigenvalue weighted by molar-refractivity contribution is -0.198. The van der Waals surface area contributed by atoms with Gasteiger partial charge in [0.2, 0.25) is 0 Å². The van der Waals surface area contributed by atoms with E-state index in [0.717, 1.165) is 32.1 Å². The van der Waals surface area contributed by atoms with E-state index in [2.05, 4.69) is 13.8 Å². The Morgan fingerprint density at radius 3 is 1.36 bits per heavy atom. The van der Waals surface area contributed by atoms with Crippen molar-refractivity contribution in [1.82, 2.24) is 0 Å². The Morgan fingerprint density at radius 2 is 1.09 bits per heavy atom. The van der Waals surface area contributed by atoms with Crippen molar-refractivity contribution >= 4 is 35.1 Å². The Labute approximate surface area is 140 Å². The van der Waals surface area contributed by atoms with Gasteiger partial charge in [-0.15, -0.1) is 23.2 Å². The van der Waals surface area contributed by atoms with E-state index in [1.54, 1.807) is 0 Å². The minimum absolute atomic E-state index is 0.0747. The van der Waals surface area contributed by atoms with E-state index in [9.17, 15) is 19.8 Å². The quantitative estimate of drug-likeness (QED) is 0.759. The molecule has 22 heavy (non-hydrogen) atoms. The SMILES string of the molecule is CC12CC3(C)CC([C@H](Cl)C(=O)O)(C1)CC([C@H](Cl)C(=O)O)(C2)C3.